The van der Waals surface area contributed by atoms with Crippen LogP contribution in [0.25, 0.3) is 54.6 Å². The summed E-state index contributed by atoms with van der Waals surface area (Å²) in [5.74, 6) is 0. The molecule has 0 amide bonds. The van der Waals surface area contributed by atoms with E-state index in [1.807, 2.05) is 0 Å². The Morgan fingerprint density at radius 1 is 0.300 bits per heavy atom. The molecule has 0 saturated carbocycles. The Hall–Kier alpha value is -6.73. The Labute approximate surface area is 354 Å². The van der Waals surface area contributed by atoms with Crippen molar-refractivity contribution < 1.29 is 0 Å². The fraction of sp³-hybridized carbons (Fsp3) is 0.0714. The molecule has 10 aromatic rings. The third kappa shape index (κ3) is 4.86. The van der Waals surface area contributed by atoms with Gasteiger partial charge in [0.05, 0.1) is 11.4 Å². The predicted octanol–water partition coefficient (Wildman–Crippen LogP) is 13.1. The molecule has 4 heteroatoms. The van der Waals surface area contributed by atoms with Crippen molar-refractivity contribution in [3.63, 3.8) is 0 Å². The van der Waals surface area contributed by atoms with Gasteiger partial charge < -0.3 is 9.80 Å². The van der Waals surface area contributed by atoms with E-state index in [4.69, 9.17) is 0 Å². The van der Waals surface area contributed by atoms with Gasteiger partial charge in [-0.3, -0.25) is 0 Å². The van der Waals surface area contributed by atoms with Gasteiger partial charge in [0, 0.05) is 33.5 Å². The fourth-order valence-electron chi connectivity index (χ4n) is 11.1. The van der Waals surface area contributed by atoms with Crippen molar-refractivity contribution in [2.45, 2.75) is 26.2 Å². The first-order valence-electron chi connectivity index (χ1n) is 21.2. The Morgan fingerprint density at radius 2 is 0.667 bits per heavy atom. The van der Waals surface area contributed by atoms with Crippen molar-refractivity contribution in [1.82, 2.24) is 0 Å². The number of nitrogens with zero attached hydrogens (tertiary/aromatic N) is 2. The number of anilines is 6. The van der Waals surface area contributed by atoms with Gasteiger partial charge in [0.15, 0.2) is 0 Å². The van der Waals surface area contributed by atoms with Gasteiger partial charge in [0.25, 0.3) is 0 Å². The van der Waals surface area contributed by atoms with Crippen molar-refractivity contribution in [1.29, 1.82) is 0 Å². The molecule has 286 valence electrons. The Bertz CT molecular complexity index is 3110. The molecule has 2 nitrogen and oxygen atoms in total. The number of fused-ring (bicyclic) bond motifs is 6. The zero-order valence-electron chi connectivity index (χ0n) is 34.4. The summed E-state index contributed by atoms with van der Waals surface area (Å²) >= 11 is 0. The van der Waals surface area contributed by atoms with Crippen LogP contribution in [0.15, 0.2) is 194 Å². The molecule has 0 bridgehead atoms. The molecule has 10 aromatic carbocycles. The average molecular weight is 801 g/mol. The second kappa shape index (κ2) is 12.9. The summed E-state index contributed by atoms with van der Waals surface area (Å²) in [6, 6.07) is 73.1. The van der Waals surface area contributed by atoms with Gasteiger partial charge in [-0.2, -0.15) is 0 Å². The molecule has 0 aliphatic carbocycles. The molecule has 2 aliphatic rings. The second-order valence-corrected chi connectivity index (χ2v) is 26.3. The van der Waals surface area contributed by atoms with E-state index >= 15 is 0 Å². The Kier molecular flexibility index (Phi) is 7.57. The Balaban J connectivity index is 1.12. The lowest BCUT2D eigenvalue weighted by Crippen LogP contribution is -2.50. The normalized spacial score (nSPS) is 14.3. The van der Waals surface area contributed by atoms with Crippen LogP contribution in [-0.4, -0.2) is 16.1 Å². The molecule has 0 radical (unpaired) electrons. The highest BCUT2D eigenvalue weighted by atomic mass is 28.3. The van der Waals surface area contributed by atoms with Gasteiger partial charge in [0.2, 0.25) is 0 Å². The van der Waals surface area contributed by atoms with Gasteiger partial charge in [-0.1, -0.05) is 172 Å². The molecule has 2 heterocycles. The van der Waals surface area contributed by atoms with E-state index in [9.17, 15) is 0 Å². The lowest BCUT2D eigenvalue weighted by atomic mass is 9.91. The summed E-state index contributed by atoms with van der Waals surface area (Å²) in [6.07, 6.45) is 0. The molecule has 0 aromatic heterocycles. The molecule has 0 spiro atoms. The van der Waals surface area contributed by atoms with Crippen molar-refractivity contribution >= 4 is 103 Å². The first-order valence-corrected chi connectivity index (χ1v) is 27.2. The number of para-hydroxylation sites is 2. The largest absolute Gasteiger partial charge is 0.310 e. The summed E-state index contributed by atoms with van der Waals surface area (Å²) in [5.41, 5.74) is 12.9. The maximum atomic E-state index is 2.56. The highest BCUT2D eigenvalue weighted by Crippen LogP contribution is 2.49. The van der Waals surface area contributed by atoms with E-state index in [-0.39, 0.29) is 0 Å². The fourth-order valence-corrected chi connectivity index (χ4v) is 17.9. The molecule has 12 rings (SSSR count). The molecule has 60 heavy (non-hydrogen) atoms. The third-order valence-corrected chi connectivity index (χ3v) is 20.8. The number of benzene rings is 10. The smallest absolute Gasteiger partial charge is 0.116 e. The molecule has 0 fully saturated rings. The summed E-state index contributed by atoms with van der Waals surface area (Å²) in [6.45, 7) is 10.1. The first kappa shape index (κ1) is 35.2. The van der Waals surface area contributed by atoms with E-state index in [1.165, 1.54) is 109 Å². The summed E-state index contributed by atoms with van der Waals surface area (Å²) in [4.78, 5) is 5.11. The summed E-state index contributed by atoms with van der Waals surface area (Å²) in [7, 11) is -4.11. The predicted molar refractivity (Wildman–Crippen MR) is 264 cm³/mol. The zero-order valence-corrected chi connectivity index (χ0v) is 36.4. The van der Waals surface area contributed by atoms with E-state index in [0.29, 0.717) is 0 Å². The van der Waals surface area contributed by atoms with Gasteiger partial charge in [-0.25, -0.2) is 0 Å². The quantitative estimate of drug-likeness (QED) is 0.122. The van der Waals surface area contributed by atoms with Crippen LogP contribution in [-0.2, 0) is 0 Å². The SMILES string of the molecule is C[Si]1(C)c2ccccc2-c2cccc(N(c3ccccc3)c3ccc4ccc5c(N(c6ccccc6)c6cccc7c6[Si](C)(C)c6ccccc6-7)ccc6ccc3c4c65)c21. The minimum atomic E-state index is -2.05. The minimum absolute atomic E-state index is 1.17. The molecule has 0 atom stereocenters. The van der Waals surface area contributed by atoms with Crippen LogP contribution >= 0.6 is 0 Å². The van der Waals surface area contributed by atoms with Crippen molar-refractivity contribution in [3.05, 3.63) is 194 Å². The lowest BCUT2D eigenvalue weighted by molar-refractivity contribution is 1.31. The van der Waals surface area contributed by atoms with Gasteiger partial charge in [0.1, 0.15) is 16.1 Å². The molecular formula is C56H44N2Si2. The van der Waals surface area contributed by atoms with Crippen molar-refractivity contribution in [2.75, 3.05) is 9.80 Å². The van der Waals surface area contributed by atoms with Gasteiger partial charge >= 0.3 is 0 Å². The first-order chi connectivity index (χ1) is 29.3. The minimum Gasteiger partial charge on any atom is -0.310 e. The molecule has 0 saturated heterocycles. The van der Waals surface area contributed by atoms with Crippen molar-refractivity contribution in [3.8, 4) is 22.3 Å². The molecule has 0 N–H and O–H groups in total. The monoisotopic (exact) mass is 800 g/mol. The Morgan fingerprint density at radius 3 is 1.10 bits per heavy atom. The van der Waals surface area contributed by atoms with Crippen LogP contribution in [0.2, 0.25) is 26.2 Å². The van der Waals surface area contributed by atoms with Crippen LogP contribution in [0, 0.1) is 0 Å². The van der Waals surface area contributed by atoms with Gasteiger partial charge in [-0.05, 0) is 113 Å². The second-order valence-electron chi connectivity index (χ2n) is 17.7. The van der Waals surface area contributed by atoms with E-state index < -0.39 is 16.1 Å². The summed E-state index contributed by atoms with van der Waals surface area (Å²) in [5, 5.41) is 13.7. The molecular weight excluding hydrogens is 757 g/mol. The third-order valence-electron chi connectivity index (χ3n) is 13.7. The van der Waals surface area contributed by atoms with Crippen LogP contribution in [0.1, 0.15) is 0 Å². The maximum Gasteiger partial charge on any atom is 0.116 e. The highest BCUT2D eigenvalue weighted by molar-refractivity contribution is 7.05. The topological polar surface area (TPSA) is 6.48 Å². The van der Waals surface area contributed by atoms with Gasteiger partial charge in [-0.15, -0.1) is 0 Å². The number of hydrogen-bond donors (Lipinski definition) is 0. The van der Waals surface area contributed by atoms with Crippen LogP contribution < -0.4 is 30.5 Å². The average Bonchev–Trinajstić information content (AvgIpc) is 3.67. The molecule has 2 aliphatic heterocycles. The lowest BCUT2D eigenvalue weighted by Gasteiger charge is -2.33. The van der Waals surface area contributed by atoms with Crippen molar-refractivity contribution in [2.24, 2.45) is 0 Å². The van der Waals surface area contributed by atoms with Crippen LogP contribution in [0.5, 0.6) is 0 Å². The zero-order chi connectivity index (χ0) is 40.3. The van der Waals surface area contributed by atoms with E-state index in [2.05, 4.69) is 230 Å². The highest BCUT2D eigenvalue weighted by Gasteiger charge is 2.42. The molecule has 0 unspecified atom stereocenters. The summed E-state index contributed by atoms with van der Waals surface area (Å²) < 4.78 is 0. The van der Waals surface area contributed by atoms with E-state index in [0.717, 1.165) is 0 Å². The standard InChI is InChI=1S/C56H44N2Si2/c1-59(2)51-27-13-11-21-41(51)43-23-15-25-49(55(43)59)57(39-17-7-5-8-18-39)47-35-31-37-30-34-46-48(36-32-38-29-33-45(47)53(37)54(38)46)58(40-19-9-6-10-20-40)50-26-16-24-44-42-22-12-14-28-52(42)60(3,4)56(44)50/h5-36H,1-4H3. The van der Waals surface area contributed by atoms with Crippen LogP contribution in [0.3, 0.4) is 0 Å². The van der Waals surface area contributed by atoms with E-state index in [1.54, 1.807) is 0 Å². The maximum absolute atomic E-state index is 2.56. The van der Waals surface area contributed by atoms with Crippen LogP contribution in [0.4, 0.5) is 34.1 Å². The number of hydrogen-bond acceptors (Lipinski definition) is 2. The number of rotatable bonds is 6.